The van der Waals surface area contributed by atoms with Crippen LogP contribution in [0, 0.1) is 12.3 Å². The third-order valence-corrected chi connectivity index (χ3v) is 3.93. The van der Waals surface area contributed by atoms with Crippen LogP contribution in [0.3, 0.4) is 0 Å². The summed E-state index contributed by atoms with van der Waals surface area (Å²) in [5.74, 6) is 2.60. The second kappa shape index (κ2) is 4.76. The summed E-state index contributed by atoms with van der Waals surface area (Å²) in [6.07, 6.45) is 10.0. The molecule has 0 N–H and O–H groups in total. The van der Waals surface area contributed by atoms with E-state index in [4.69, 9.17) is 15.9 Å². The highest BCUT2D eigenvalue weighted by Gasteiger charge is 2.42. The predicted octanol–water partition coefficient (Wildman–Crippen LogP) is 2.66. The molecule has 1 aromatic rings. The van der Waals surface area contributed by atoms with Crippen molar-refractivity contribution in [1.82, 2.24) is 0 Å². The zero-order valence-corrected chi connectivity index (χ0v) is 10.5. The van der Waals surface area contributed by atoms with Gasteiger partial charge < -0.3 is 9.47 Å². The largest absolute Gasteiger partial charge is 0.373 e. The van der Waals surface area contributed by atoms with Crippen molar-refractivity contribution in [2.75, 3.05) is 13.2 Å². The van der Waals surface area contributed by atoms with Gasteiger partial charge in [-0.25, -0.2) is 0 Å². The van der Waals surface area contributed by atoms with Crippen molar-refractivity contribution in [3.05, 3.63) is 35.4 Å². The Morgan fingerprint density at radius 1 is 1.44 bits per heavy atom. The van der Waals surface area contributed by atoms with E-state index in [9.17, 15) is 0 Å². The molecule has 0 spiro atoms. The maximum Gasteiger partial charge on any atom is 0.108 e. The van der Waals surface area contributed by atoms with Crippen LogP contribution in [0.4, 0.5) is 0 Å². The maximum absolute atomic E-state index is 6.08. The summed E-state index contributed by atoms with van der Waals surface area (Å²) in [6.45, 7) is 1.24. The van der Waals surface area contributed by atoms with Crippen molar-refractivity contribution < 1.29 is 9.47 Å². The summed E-state index contributed by atoms with van der Waals surface area (Å²) in [6, 6.07) is 8.58. The van der Waals surface area contributed by atoms with Gasteiger partial charge in [0.2, 0.25) is 0 Å². The standard InChI is InChI=1S/C16H18O2/c1-2-10-18-16(11-14-12-17-14)9-5-7-13-6-3-4-8-15(13)16/h1,3-4,6,8,14H,5,7,9-12H2. The number of rotatable bonds is 4. The van der Waals surface area contributed by atoms with Gasteiger partial charge in [-0.15, -0.1) is 6.42 Å². The van der Waals surface area contributed by atoms with E-state index in [2.05, 4.69) is 30.2 Å². The molecule has 0 radical (unpaired) electrons. The van der Waals surface area contributed by atoms with Gasteiger partial charge in [0, 0.05) is 6.42 Å². The Kier molecular flexibility index (Phi) is 3.11. The van der Waals surface area contributed by atoms with E-state index in [1.165, 1.54) is 11.1 Å². The number of aryl methyl sites for hydroxylation is 1. The number of terminal acetylenes is 1. The number of epoxide rings is 1. The van der Waals surface area contributed by atoms with Gasteiger partial charge in [0.05, 0.1) is 18.3 Å². The second-order valence-electron chi connectivity index (χ2n) is 5.16. The number of benzene rings is 1. The van der Waals surface area contributed by atoms with Gasteiger partial charge in [0.15, 0.2) is 0 Å². The molecule has 2 unspecified atom stereocenters. The zero-order valence-electron chi connectivity index (χ0n) is 10.5. The van der Waals surface area contributed by atoms with Crippen molar-refractivity contribution in [3.63, 3.8) is 0 Å². The van der Waals surface area contributed by atoms with Crippen LogP contribution in [0.2, 0.25) is 0 Å². The molecule has 94 valence electrons. The summed E-state index contributed by atoms with van der Waals surface area (Å²) < 4.78 is 11.5. The van der Waals surface area contributed by atoms with E-state index in [1.54, 1.807) is 0 Å². The van der Waals surface area contributed by atoms with E-state index in [1.807, 2.05) is 0 Å². The Hall–Kier alpha value is -1.30. The molecule has 1 fully saturated rings. The Balaban J connectivity index is 1.95. The van der Waals surface area contributed by atoms with Gasteiger partial charge in [-0.2, -0.15) is 0 Å². The van der Waals surface area contributed by atoms with Crippen molar-refractivity contribution in [1.29, 1.82) is 0 Å². The van der Waals surface area contributed by atoms with E-state index >= 15 is 0 Å². The average Bonchev–Trinajstić information content (AvgIpc) is 3.21. The van der Waals surface area contributed by atoms with Crippen LogP contribution < -0.4 is 0 Å². The first-order valence-corrected chi connectivity index (χ1v) is 6.61. The first kappa shape index (κ1) is 11.8. The van der Waals surface area contributed by atoms with Gasteiger partial charge in [-0.05, 0) is 30.4 Å². The van der Waals surface area contributed by atoms with Crippen LogP contribution >= 0.6 is 0 Å². The number of ether oxygens (including phenoxy) is 2. The first-order chi connectivity index (χ1) is 8.84. The van der Waals surface area contributed by atoms with Crippen LogP contribution in [-0.4, -0.2) is 19.3 Å². The molecule has 0 saturated carbocycles. The molecule has 1 saturated heterocycles. The summed E-state index contributed by atoms with van der Waals surface area (Å²) in [7, 11) is 0. The Bertz CT molecular complexity index is 470. The lowest BCUT2D eigenvalue weighted by Gasteiger charge is -2.38. The number of hydrogen-bond acceptors (Lipinski definition) is 2. The van der Waals surface area contributed by atoms with Crippen LogP contribution in [0.15, 0.2) is 24.3 Å². The Morgan fingerprint density at radius 3 is 3.06 bits per heavy atom. The summed E-state index contributed by atoms with van der Waals surface area (Å²) in [5.41, 5.74) is 2.51. The molecule has 0 amide bonds. The Labute approximate surface area is 108 Å². The van der Waals surface area contributed by atoms with Crippen molar-refractivity contribution in [2.45, 2.75) is 37.4 Å². The minimum absolute atomic E-state index is 0.220. The lowest BCUT2D eigenvalue weighted by Crippen LogP contribution is -2.35. The molecule has 1 aliphatic heterocycles. The van der Waals surface area contributed by atoms with Gasteiger partial charge in [0.1, 0.15) is 6.61 Å². The molecule has 18 heavy (non-hydrogen) atoms. The van der Waals surface area contributed by atoms with Crippen molar-refractivity contribution >= 4 is 0 Å². The quantitative estimate of drug-likeness (QED) is 0.598. The van der Waals surface area contributed by atoms with Crippen LogP contribution in [0.25, 0.3) is 0 Å². The van der Waals surface area contributed by atoms with Gasteiger partial charge in [-0.1, -0.05) is 30.2 Å². The molecule has 1 aliphatic carbocycles. The van der Waals surface area contributed by atoms with Gasteiger partial charge in [0.25, 0.3) is 0 Å². The van der Waals surface area contributed by atoms with Crippen LogP contribution in [0.1, 0.15) is 30.4 Å². The van der Waals surface area contributed by atoms with E-state index < -0.39 is 0 Å². The average molecular weight is 242 g/mol. The lowest BCUT2D eigenvalue weighted by atomic mass is 9.76. The molecule has 0 bridgehead atoms. The SMILES string of the molecule is C#CCOC1(CC2CO2)CCCc2ccccc21. The number of fused-ring (bicyclic) bond motifs is 1. The smallest absolute Gasteiger partial charge is 0.108 e. The fourth-order valence-electron chi connectivity index (χ4n) is 3.04. The molecule has 2 heteroatoms. The fraction of sp³-hybridized carbons (Fsp3) is 0.500. The summed E-state index contributed by atoms with van der Waals surface area (Å²) in [5, 5.41) is 0. The third-order valence-electron chi connectivity index (χ3n) is 3.93. The normalized spacial score (nSPS) is 29.4. The summed E-state index contributed by atoms with van der Waals surface area (Å²) >= 11 is 0. The lowest BCUT2D eigenvalue weighted by molar-refractivity contribution is -0.0576. The topological polar surface area (TPSA) is 21.8 Å². The molecule has 2 aliphatic rings. The maximum atomic E-state index is 6.08. The molecule has 1 aromatic carbocycles. The number of hydrogen-bond donors (Lipinski definition) is 0. The van der Waals surface area contributed by atoms with Crippen LogP contribution in [-0.2, 0) is 21.5 Å². The molecule has 1 heterocycles. The molecule has 2 atom stereocenters. The van der Waals surface area contributed by atoms with Gasteiger partial charge >= 0.3 is 0 Å². The zero-order chi connectivity index (χ0) is 12.4. The molecular formula is C16H18O2. The van der Waals surface area contributed by atoms with E-state index in [0.29, 0.717) is 12.7 Å². The minimum atomic E-state index is -0.220. The van der Waals surface area contributed by atoms with Crippen molar-refractivity contribution in [3.8, 4) is 12.3 Å². The van der Waals surface area contributed by atoms with E-state index in [0.717, 1.165) is 32.3 Å². The summed E-state index contributed by atoms with van der Waals surface area (Å²) in [4.78, 5) is 0. The highest BCUT2D eigenvalue weighted by atomic mass is 16.6. The first-order valence-electron chi connectivity index (χ1n) is 6.61. The van der Waals surface area contributed by atoms with Crippen LogP contribution in [0.5, 0.6) is 0 Å². The molecule has 3 rings (SSSR count). The van der Waals surface area contributed by atoms with Gasteiger partial charge in [-0.3, -0.25) is 0 Å². The van der Waals surface area contributed by atoms with Crippen molar-refractivity contribution in [2.24, 2.45) is 0 Å². The molecule has 0 aromatic heterocycles. The third kappa shape index (κ3) is 2.16. The minimum Gasteiger partial charge on any atom is -0.373 e. The molecule has 2 nitrogen and oxygen atoms in total. The molecular weight excluding hydrogens is 224 g/mol. The highest BCUT2D eigenvalue weighted by Crippen LogP contribution is 2.43. The predicted molar refractivity (Wildman–Crippen MR) is 70.2 cm³/mol. The highest BCUT2D eigenvalue weighted by molar-refractivity contribution is 5.35. The fourth-order valence-corrected chi connectivity index (χ4v) is 3.04. The second-order valence-corrected chi connectivity index (χ2v) is 5.16. The van der Waals surface area contributed by atoms with E-state index in [-0.39, 0.29) is 5.60 Å². The Morgan fingerprint density at radius 2 is 2.28 bits per heavy atom. The monoisotopic (exact) mass is 242 g/mol.